The van der Waals surface area contributed by atoms with E-state index in [0.29, 0.717) is 5.56 Å². The summed E-state index contributed by atoms with van der Waals surface area (Å²) in [6.45, 7) is 3.15. The third kappa shape index (κ3) is 3.10. The number of hydrogen-bond donors (Lipinski definition) is 1. The van der Waals surface area contributed by atoms with Crippen LogP contribution >= 0.6 is 11.8 Å². The van der Waals surface area contributed by atoms with Crippen molar-refractivity contribution >= 4 is 23.5 Å². The Labute approximate surface area is 99.6 Å². The van der Waals surface area contributed by atoms with Crippen LogP contribution in [0.2, 0.25) is 0 Å². The highest BCUT2D eigenvalue weighted by Gasteiger charge is 2.15. The second-order valence-corrected chi connectivity index (χ2v) is 4.35. The van der Waals surface area contributed by atoms with Gasteiger partial charge in [-0.25, -0.2) is 0 Å². The SMILES string of the molecule is CSc1ccccc1C(=O)NC(C)C(C)=O. The van der Waals surface area contributed by atoms with Gasteiger partial charge >= 0.3 is 0 Å². The molecule has 1 rings (SSSR count). The topological polar surface area (TPSA) is 46.2 Å². The minimum Gasteiger partial charge on any atom is -0.342 e. The number of thioether (sulfide) groups is 1. The van der Waals surface area contributed by atoms with Gasteiger partial charge in [-0.05, 0) is 32.2 Å². The number of hydrogen-bond acceptors (Lipinski definition) is 3. The second-order valence-electron chi connectivity index (χ2n) is 3.51. The first-order chi connectivity index (χ1) is 7.56. The molecule has 1 N–H and O–H groups in total. The van der Waals surface area contributed by atoms with Crippen molar-refractivity contribution in [3.05, 3.63) is 29.8 Å². The Balaban J connectivity index is 2.84. The van der Waals surface area contributed by atoms with Crippen molar-refractivity contribution in [3.8, 4) is 0 Å². The van der Waals surface area contributed by atoms with E-state index in [-0.39, 0.29) is 11.7 Å². The van der Waals surface area contributed by atoms with Gasteiger partial charge in [-0.2, -0.15) is 0 Å². The molecular formula is C12H15NO2S. The fraction of sp³-hybridized carbons (Fsp3) is 0.333. The lowest BCUT2D eigenvalue weighted by Crippen LogP contribution is -2.37. The third-order valence-corrected chi connectivity index (χ3v) is 3.10. The first kappa shape index (κ1) is 12.8. The van der Waals surface area contributed by atoms with Gasteiger partial charge in [0.25, 0.3) is 5.91 Å². The maximum atomic E-state index is 11.9. The molecule has 1 aromatic rings. The molecule has 0 radical (unpaired) electrons. The predicted octanol–water partition coefficient (Wildman–Crippen LogP) is 2.12. The van der Waals surface area contributed by atoms with Crippen LogP contribution in [-0.4, -0.2) is 24.0 Å². The molecule has 0 saturated carbocycles. The molecule has 4 heteroatoms. The molecule has 1 amide bonds. The summed E-state index contributed by atoms with van der Waals surface area (Å²) in [6, 6.07) is 6.90. The van der Waals surface area contributed by atoms with Crippen molar-refractivity contribution in [2.24, 2.45) is 0 Å². The van der Waals surface area contributed by atoms with Gasteiger partial charge in [0.05, 0.1) is 11.6 Å². The predicted molar refractivity (Wildman–Crippen MR) is 65.8 cm³/mol. The molecule has 0 heterocycles. The van der Waals surface area contributed by atoms with Crippen molar-refractivity contribution < 1.29 is 9.59 Å². The van der Waals surface area contributed by atoms with Crippen LogP contribution in [0.4, 0.5) is 0 Å². The van der Waals surface area contributed by atoms with Crippen molar-refractivity contribution in [1.29, 1.82) is 0 Å². The molecule has 0 aliphatic carbocycles. The average Bonchev–Trinajstić information content (AvgIpc) is 2.28. The van der Waals surface area contributed by atoms with Crippen LogP contribution < -0.4 is 5.32 Å². The summed E-state index contributed by atoms with van der Waals surface area (Å²) in [4.78, 5) is 23.8. The van der Waals surface area contributed by atoms with Gasteiger partial charge in [0.1, 0.15) is 0 Å². The van der Waals surface area contributed by atoms with Crippen LogP contribution in [0.5, 0.6) is 0 Å². The molecule has 3 nitrogen and oxygen atoms in total. The van der Waals surface area contributed by atoms with Gasteiger partial charge in [-0.1, -0.05) is 12.1 Å². The molecule has 0 fully saturated rings. The Bertz CT molecular complexity index is 404. The molecule has 0 aliphatic rings. The number of ketones is 1. The first-order valence-corrected chi connectivity index (χ1v) is 6.23. The lowest BCUT2D eigenvalue weighted by molar-refractivity contribution is -0.118. The second kappa shape index (κ2) is 5.70. The molecular weight excluding hydrogens is 222 g/mol. The zero-order valence-electron chi connectivity index (χ0n) is 9.61. The van der Waals surface area contributed by atoms with Crippen LogP contribution in [0.15, 0.2) is 29.2 Å². The highest BCUT2D eigenvalue weighted by atomic mass is 32.2. The van der Waals surface area contributed by atoms with Crippen molar-refractivity contribution in [2.45, 2.75) is 24.8 Å². The van der Waals surface area contributed by atoms with Crippen LogP contribution in [0.25, 0.3) is 0 Å². The van der Waals surface area contributed by atoms with Gasteiger partial charge in [-0.3, -0.25) is 9.59 Å². The number of benzene rings is 1. The molecule has 0 saturated heterocycles. The normalized spacial score (nSPS) is 11.9. The summed E-state index contributed by atoms with van der Waals surface area (Å²) in [7, 11) is 0. The van der Waals surface area contributed by atoms with Gasteiger partial charge in [0.15, 0.2) is 5.78 Å². The van der Waals surface area contributed by atoms with E-state index in [9.17, 15) is 9.59 Å². The Kier molecular flexibility index (Phi) is 4.55. The minimum atomic E-state index is -0.442. The first-order valence-electron chi connectivity index (χ1n) is 5.00. The summed E-state index contributed by atoms with van der Waals surface area (Å²) < 4.78 is 0. The van der Waals surface area contributed by atoms with E-state index in [2.05, 4.69) is 5.32 Å². The number of amides is 1. The maximum Gasteiger partial charge on any atom is 0.252 e. The maximum absolute atomic E-state index is 11.9. The van der Waals surface area contributed by atoms with Crippen LogP contribution in [0, 0.1) is 0 Å². The quantitative estimate of drug-likeness (QED) is 0.816. The summed E-state index contributed by atoms with van der Waals surface area (Å²) in [5.41, 5.74) is 0.614. The average molecular weight is 237 g/mol. The fourth-order valence-electron chi connectivity index (χ4n) is 1.21. The molecule has 0 aromatic heterocycles. The minimum absolute atomic E-state index is 0.0463. The van der Waals surface area contributed by atoms with Crippen LogP contribution in [0.1, 0.15) is 24.2 Å². The molecule has 1 aromatic carbocycles. The number of rotatable bonds is 4. The van der Waals surface area contributed by atoms with E-state index in [0.717, 1.165) is 4.90 Å². The molecule has 1 atom stereocenters. The van der Waals surface area contributed by atoms with E-state index < -0.39 is 6.04 Å². The summed E-state index contributed by atoms with van der Waals surface area (Å²) >= 11 is 1.51. The van der Waals surface area contributed by atoms with Crippen molar-refractivity contribution in [1.82, 2.24) is 5.32 Å². The lowest BCUT2D eigenvalue weighted by atomic mass is 10.2. The van der Waals surface area contributed by atoms with Gasteiger partial charge in [0.2, 0.25) is 0 Å². The fourth-order valence-corrected chi connectivity index (χ4v) is 1.80. The van der Waals surface area contributed by atoms with E-state index in [1.165, 1.54) is 18.7 Å². The van der Waals surface area contributed by atoms with Crippen molar-refractivity contribution in [3.63, 3.8) is 0 Å². The Morgan fingerprint density at radius 2 is 1.94 bits per heavy atom. The van der Waals surface area contributed by atoms with E-state index >= 15 is 0 Å². The zero-order valence-corrected chi connectivity index (χ0v) is 10.4. The highest BCUT2D eigenvalue weighted by Crippen LogP contribution is 2.19. The van der Waals surface area contributed by atoms with E-state index in [4.69, 9.17) is 0 Å². The molecule has 0 aliphatic heterocycles. The highest BCUT2D eigenvalue weighted by molar-refractivity contribution is 7.98. The van der Waals surface area contributed by atoms with Crippen LogP contribution in [0.3, 0.4) is 0 Å². The van der Waals surface area contributed by atoms with Crippen molar-refractivity contribution in [2.75, 3.05) is 6.26 Å². The van der Waals surface area contributed by atoms with E-state index in [1.807, 2.05) is 24.5 Å². The van der Waals surface area contributed by atoms with E-state index in [1.54, 1.807) is 13.0 Å². The number of carbonyl (C=O) groups is 2. The number of nitrogens with one attached hydrogen (secondary N) is 1. The molecule has 1 unspecified atom stereocenters. The van der Waals surface area contributed by atoms with Gasteiger partial charge < -0.3 is 5.32 Å². The Morgan fingerprint density at radius 1 is 1.31 bits per heavy atom. The smallest absolute Gasteiger partial charge is 0.252 e. The third-order valence-electron chi connectivity index (χ3n) is 2.31. The molecule has 86 valence electrons. The largest absolute Gasteiger partial charge is 0.342 e. The summed E-state index contributed by atoms with van der Waals surface area (Å²) in [6.07, 6.45) is 1.92. The summed E-state index contributed by atoms with van der Waals surface area (Å²) in [5, 5.41) is 2.67. The Morgan fingerprint density at radius 3 is 2.50 bits per heavy atom. The van der Waals surface area contributed by atoms with Gasteiger partial charge in [0, 0.05) is 4.90 Å². The molecule has 0 bridgehead atoms. The standard InChI is InChI=1S/C12H15NO2S/c1-8(9(2)14)13-12(15)10-6-4-5-7-11(10)16-3/h4-8H,1-3H3,(H,13,15). The lowest BCUT2D eigenvalue weighted by Gasteiger charge is -2.12. The molecule has 0 spiro atoms. The monoisotopic (exact) mass is 237 g/mol. The summed E-state index contributed by atoms with van der Waals surface area (Å²) in [5.74, 6) is -0.248. The molecule has 16 heavy (non-hydrogen) atoms. The Hall–Kier alpha value is -1.29. The zero-order chi connectivity index (χ0) is 12.1. The number of carbonyl (C=O) groups excluding carboxylic acids is 2. The van der Waals surface area contributed by atoms with Crippen LogP contribution in [-0.2, 0) is 4.79 Å². The van der Waals surface area contributed by atoms with Gasteiger partial charge in [-0.15, -0.1) is 11.8 Å². The number of Topliss-reactive ketones (excluding diaryl/α,β-unsaturated/α-hetero) is 1.